The van der Waals surface area contributed by atoms with Crippen LogP contribution in [0.2, 0.25) is 0 Å². The number of imidazole rings is 1. The zero-order chi connectivity index (χ0) is 14.7. The van der Waals surface area contributed by atoms with Gasteiger partial charge in [0.2, 0.25) is 5.65 Å². The molecule has 0 aliphatic heterocycles. The van der Waals surface area contributed by atoms with Gasteiger partial charge in [-0.1, -0.05) is 6.07 Å². The number of pyridine rings is 1. The molecular formula is C11H12N4O4S. The van der Waals surface area contributed by atoms with Crippen LogP contribution in [0.1, 0.15) is 5.69 Å². The Morgan fingerprint density at radius 2 is 2.35 bits per heavy atom. The molecule has 0 fully saturated rings. The summed E-state index contributed by atoms with van der Waals surface area (Å²) in [6, 6.07) is 4.10. The quantitative estimate of drug-likeness (QED) is 0.599. The van der Waals surface area contributed by atoms with Gasteiger partial charge in [0.15, 0.2) is 0 Å². The van der Waals surface area contributed by atoms with Gasteiger partial charge in [-0.05, 0) is 11.0 Å². The van der Waals surface area contributed by atoms with Gasteiger partial charge in [-0.2, -0.15) is 16.2 Å². The number of aliphatic carboxylic acids is 1. The van der Waals surface area contributed by atoms with Crippen molar-refractivity contribution >= 4 is 29.2 Å². The van der Waals surface area contributed by atoms with E-state index in [0.717, 1.165) is 0 Å². The highest BCUT2D eigenvalue weighted by molar-refractivity contribution is 7.98. The molecule has 106 valence electrons. The molecule has 9 heteroatoms. The molecule has 1 atom stereocenters. The minimum atomic E-state index is -1.10. The molecule has 0 spiro atoms. The van der Waals surface area contributed by atoms with Gasteiger partial charge in [0.1, 0.15) is 11.7 Å². The molecule has 0 saturated carbocycles. The van der Waals surface area contributed by atoms with Gasteiger partial charge in [-0.15, -0.1) is 0 Å². The van der Waals surface area contributed by atoms with Crippen LogP contribution in [0.4, 0.5) is 5.82 Å². The van der Waals surface area contributed by atoms with E-state index in [1.807, 2.05) is 0 Å². The van der Waals surface area contributed by atoms with Crippen molar-refractivity contribution in [1.82, 2.24) is 9.38 Å². The summed E-state index contributed by atoms with van der Waals surface area (Å²) in [7, 11) is 0. The fraction of sp³-hybridized carbons (Fsp3) is 0.273. The molecule has 0 radical (unpaired) electrons. The van der Waals surface area contributed by atoms with Gasteiger partial charge in [0, 0.05) is 17.6 Å². The Bertz CT molecular complexity index is 657. The molecule has 8 nitrogen and oxygen atoms in total. The van der Waals surface area contributed by atoms with Crippen LogP contribution in [0.3, 0.4) is 0 Å². The van der Waals surface area contributed by atoms with Crippen molar-refractivity contribution in [3.05, 3.63) is 40.2 Å². The van der Waals surface area contributed by atoms with E-state index < -0.39 is 16.9 Å². The number of hydrogen-bond donors (Lipinski definition) is 2. The predicted molar refractivity (Wildman–Crippen MR) is 73.6 cm³/mol. The predicted octanol–water partition coefficient (Wildman–Crippen LogP) is 0.888. The lowest BCUT2D eigenvalue weighted by Crippen LogP contribution is -2.32. The van der Waals surface area contributed by atoms with E-state index in [4.69, 9.17) is 10.8 Å². The first kappa shape index (κ1) is 14.3. The summed E-state index contributed by atoms with van der Waals surface area (Å²) in [4.78, 5) is 25.4. The smallest absolute Gasteiger partial charge is 0.351 e. The Morgan fingerprint density at radius 1 is 1.60 bits per heavy atom. The van der Waals surface area contributed by atoms with E-state index in [9.17, 15) is 14.9 Å². The van der Waals surface area contributed by atoms with E-state index in [0.29, 0.717) is 11.3 Å². The molecule has 0 bridgehead atoms. The molecule has 0 aliphatic rings. The molecule has 2 aromatic rings. The molecule has 0 aromatic carbocycles. The van der Waals surface area contributed by atoms with Crippen molar-refractivity contribution in [3.8, 4) is 0 Å². The summed E-state index contributed by atoms with van der Waals surface area (Å²) in [6.07, 6.45) is 1.57. The number of carboxylic acid groups (broad SMARTS) is 1. The van der Waals surface area contributed by atoms with Gasteiger partial charge >= 0.3 is 11.8 Å². The highest BCUT2D eigenvalue weighted by Crippen LogP contribution is 2.24. The highest BCUT2D eigenvalue weighted by Gasteiger charge is 2.22. The minimum Gasteiger partial charge on any atom is -0.480 e. The maximum atomic E-state index is 11.1. The van der Waals surface area contributed by atoms with Gasteiger partial charge in [0.25, 0.3) is 0 Å². The van der Waals surface area contributed by atoms with Crippen LogP contribution in [-0.4, -0.2) is 37.2 Å². The third-order valence-electron chi connectivity index (χ3n) is 2.60. The number of hydrogen-bond acceptors (Lipinski definition) is 6. The number of thioether (sulfide) groups is 1. The molecule has 2 heterocycles. The summed E-state index contributed by atoms with van der Waals surface area (Å²) in [5, 5.41) is 19.8. The number of rotatable bonds is 6. The standard InChI is InChI=1S/C11H12N4O4S/c12-7(11(16)17)5-20-6-8-10(15(18)19)14-4-2-1-3-9(14)13-8/h1-4,7H,5-6,12H2,(H,16,17)/t7-/m0/s1. The van der Waals surface area contributed by atoms with E-state index in [1.54, 1.807) is 24.4 Å². The summed E-state index contributed by atoms with van der Waals surface area (Å²) in [5.74, 6) is -0.793. The number of aromatic nitrogens is 2. The van der Waals surface area contributed by atoms with Crippen molar-refractivity contribution in [2.24, 2.45) is 5.73 Å². The number of carboxylic acids is 1. The Balaban J connectivity index is 2.19. The summed E-state index contributed by atoms with van der Waals surface area (Å²) in [5.41, 5.74) is 6.17. The van der Waals surface area contributed by atoms with Crippen LogP contribution >= 0.6 is 11.8 Å². The summed E-state index contributed by atoms with van der Waals surface area (Å²) < 4.78 is 1.40. The molecule has 0 amide bonds. The fourth-order valence-electron chi connectivity index (χ4n) is 1.68. The lowest BCUT2D eigenvalue weighted by Gasteiger charge is -2.04. The van der Waals surface area contributed by atoms with Crippen LogP contribution in [0.25, 0.3) is 5.65 Å². The van der Waals surface area contributed by atoms with Crippen molar-refractivity contribution in [3.63, 3.8) is 0 Å². The van der Waals surface area contributed by atoms with Crippen molar-refractivity contribution in [2.45, 2.75) is 11.8 Å². The van der Waals surface area contributed by atoms with Crippen molar-refractivity contribution < 1.29 is 14.8 Å². The number of nitrogens with two attached hydrogens (primary N) is 1. The number of nitrogens with zero attached hydrogens (tertiary/aromatic N) is 3. The van der Waals surface area contributed by atoms with Gasteiger partial charge in [-0.3, -0.25) is 4.79 Å². The molecule has 0 aliphatic carbocycles. The average molecular weight is 296 g/mol. The third kappa shape index (κ3) is 2.89. The number of nitro groups is 1. The number of carbonyl (C=O) groups is 1. The highest BCUT2D eigenvalue weighted by atomic mass is 32.2. The Labute approximate surface area is 117 Å². The monoisotopic (exact) mass is 296 g/mol. The second-order valence-corrected chi connectivity index (χ2v) is 5.06. The first-order chi connectivity index (χ1) is 9.50. The van der Waals surface area contributed by atoms with Crippen LogP contribution in [0.5, 0.6) is 0 Å². The van der Waals surface area contributed by atoms with Crippen LogP contribution in [0.15, 0.2) is 24.4 Å². The van der Waals surface area contributed by atoms with E-state index in [-0.39, 0.29) is 17.3 Å². The zero-order valence-electron chi connectivity index (χ0n) is 10.3. The lowest BCUT2D eigenvalue weighted by molar-refractivity contribution is -0.391. The van der Waals surface area contributed by atoms with Crippen LogP contribution < -0.4 is 5.73 Å². The molecule has 0 saturated heterocycles. The number of fused-ring (bicyclic) bond motifs is 1. The summed E-state index contributed by atoms with van der Waals surface area (Å²) in [6.45, 7) is 0. The van der Waals surface area contributed by atoms with E-state index >= 15 is 0 Å². The SMILES string of the molecule is N[C@@H](CSCc1nc2ccccn2c1[N+](=O)[O-])C(=O)O. The minimum absolute atomic E-state index is 0.100. The maximum Gasteiger partial charge on any atom is 0.351 e. The topological polar surface area (TPSA) is 124 Å². The molecule has 3 N–H and O–H groups in total. The normalized spacial score (nSPS) is 12.4. The van der Waals surface area contributed by atoms with E-state index in [2.05, 4.69) is 4.98 Å². The van der Waals surface area contributed by atoms with Gasteiger partial charge in [0.05, 0.1) is 6.20 Å². The Hall–Kier alpha value is -2.13. The second kappa shape index (κ2) is 5.88. The average Bonchev–Trinajstić information content (AvgIpc) is 2.76. The molecule has 2 rings (SSSR count). The third-order valence-corrected chi connectivity index (χ3v) is 3.67. The largest absolute Gasteiger partial charge is 0.480 e. The Kier molecular flexibility index (Phi) is 4.20. The molecule has 0 unspecified atom stereocenters. The molecule has 2 aromatic heterocycles. The van der Waals surface area contributed by atoms with Crippen LogP contribution in [0, 0.1) is 10.1 Å². The Morgan fingerprint density at radius 3 is 3.00 bits per heavy atom. The van der Waals surface area contributed by atoms with Crippen molar-refractivity contribution in [2.75, 3.05) is 5.75 Å². The van der Waals surface area contributed by atoms with Crippen molar-refractivity contribution in [1.29, 1.82) is 0 Å². The molecular weight excluding hydrogens is 284 g/mol. The van der Waals surface area contributed by atoms with Gasteiger partial charge < -0.3 is 21.0 Å². The first-order valence-corrected chi connectivity index (χ1v) is 6.82. The molecule has 20 heavy (non-hydrogen) atoms. The van der Waals surface area contributed by atoms with Gasteiger partial charge in [-0.25, -0.2) is 4.98 Å². The maximum absolute atomic E-state index is 11.1. The summed E-state index contributed by atoms with van der Waals surface area (Å²) >= 11 is 1.20. The fourth-order valence-corrected chi connectivity index (χ4v) is 2.58. The zero-order valence-corrected chi connectivity index (χ0v) is 11.1. The lowest BCUT2D eigenvalue weighted by atomic mass is 10.4. The van der Waals surface area contributed by atoms with Crippen LogP contribution in [-0.2, 0) is 10.5 Å². The van der Waals surface area contributed by atoms with E-state index in [1.165, 1.54) is 16.2 Å². The second-order valence-electron chi connectivity index (χ2n) is 4.03. The first-order valence-electron chi connectivity index (χ1n) is 5.67.